The molecule has 0 radical (unpaired) electrons. The first-order chi connectivity index (χ1) is 13.5. The second-order valence-corrected chi connectivity index (χ2v) is 6.55. The molecule has 0 atom stereocenters. The Labute approximate surface area is 171 Å². The molecule has 0 aliphatic carbocycles. The summed E-state index contributed by atoms with van der Waals surface area (Å²) in [6.45, 7) is 0. The molecule has 3 aromatic carbocycles. The normalized spacial score (nSPS) is 10.6. The molecule has 0 aromatic heterocycles. The van der Waals surface area contributed by atoms with Crippen molar-refractivity contribution in [2.75, 3.05) is 0 Å². The van der Waals surface area contributed by atoms with Crippen LogP contribution >= 0.6 is 23.2 Å². The van der Waals surface area contributed by atoms with E-state index >= 15 is 0 Å². The van der Waals surface area contributed by atoms with Gasteiger partial charge in [-0.15, -0.1) is 0 Å². The number of carbonyl (C=O) groups excluding carboxylic acids is 2. The van der Waals surface area contributed by atoms with Crippen molar-refractivity contribution in [3.05, 3.63) is 99.5 Å². The van der Waals surface area contributed by atoms with Crippen LogP contribution in [0.5, 0.6) is 5.75 Å². The Morgan fingerprint density at radius 1 is 0.857 bits per heavy atom. The average molecular weight is 413 g/mol. The van der Waals surface area contributed by atoms with Gasteiger partial charge in [0, 0.05) is 15.6 Å². The van der Waals surface area contributed by atoms with Gasteiger partial charge in [0.05, 0.1) is 11.8 Å². The van der Waals surface area contributed by atoms with Crippen molar-refractivity contribution in [1.82, 2.24) is 5.43 Å². The van der Waals surface area contributed by atoms with Gasteiger partial charge in [0.25, 0.3) is 5.91 Å². The van der Waals surface area contributed by atoms with Crippen molar-refractivity contribution in [3.63, 3.8) is 0 Å². The zero-order chi connectivity index (χ0) is 19.9. The van der Waals surface area contributed by atoms with Crippen LogP contribution < -0.4 is 10.2 Å². The van der Waals surface area contributed by atoms with Crippen molar-refractivity contribution in [2.24, 2.45) is 5.10 Å². The summed E-state index contributed by atoms with van der Waals surface area (Å²) in [6.07, 6.45) is 1.48. The zero-order valence-corrected chi connectivity index (χ0v) is 15.9. The molecule has 0 spiro atoms. The molecule has 140 valence electrons. The lowest BCUT2D eigenvalue weighted by atomic mass is 10.2. The van der Waals surface area contributed by atoms with E-state index in [1.165, 1.54) is 12.3 Å². The lowest BCUT2D eigenvalue weighted by Crippen LogP contribution is -2.17. The maximum absolute atomic E-state index is 12.1. The van der Waals surface area contributed by atoms with Gasteiger partial charge in [0.1, 0.15) is 5.75 Å². The quantitative estimate of drug-likeness (QED) is 0.278. The first kappa shape index (κ1) is 19.6. The van der Waals surface area contributed by atoms with Crippen molar-refractivity contribution >= 4 is 41.3 Å². The number of hydrogen-bond donors (Lipinski definition) is 1. The molecule has 0 heterocycles. The molecule has 1 amide bonds. The van der Waals surface area contributed by atoms with Gasteiger partial charge in [-0.1, -0.05) is 29.3 Å². The summed E-state index contributed by atoms with van der Waals surface area (Å²) in [4.78, 5) is 24.0. The molecule has 0 bridgehead atoms. The summed E-state index contributed by atoms with van der Waals surface area (Å²) in [6, 6.07) is 19.7. The highest BCUT2D eigenvalue weighted by Crippen LogP contribution is 2.16. The molecular formula is C21H14Cl2N2O3. The van der Waals surface area contributed by atoms with Crippen LogP contribution in [0.1, 0.15) is 26.3 Å². The van der Waals surface area contributed by atoms with Crippen molar-refractivity contribution < 1.29 is 14.3 Å². The molecule has 5 nitrogen and oxygen atoms in total. The lowest BCUT2D eigenvalue weighted by Gasteiger charge is -2.05. The molecule has 7 heteroatoms. The minimum absolute atomic E-state index is 0.347. The Morgan fingerprint density at radius 3 is 2.25 bits per heavy atom. The number of amides is 1. The fourth-order valence-electron chi connectivity index (χ4n) is 2.23. The standard InChI is InChI=1S/C21H14Cl2N2O3/c22-17-8-6-15(7-9-17)20(26)25-24-13-14-4-10-19(11-5-14)28-21(27)16-2-1-3-18(23)12-16/h1-13H,(H,25,26). The first-order valence-corrected chi connectivity index (χ1v) is 8.93. The molecule has 1 N–H and O–H groups in total. The van der Waals surface area contributed by atoms with E-state index in [0.717, 1.165) is 5.56 Å². The Balaban J connectivity index is 1.56. The number of halogens is 2. The molecule has 3 aromatic rings. The van der Waals surface area contributed by atoms with Crippen LogP contribution in [-0.2, 0) is 0 Å². The Kier molecular flexibility index (Phi) is 6.42. The monoisotopic (exact) mass is 412 g/mol. The first-order valence-electron chi connectivity index (χ1n) is 8.18. The minimum atomic E-state index is -0.501. The fraction of sp³-hybridized carbons (Fsp3) is 0. The molecule has 0 aliphatic heterocycles. The van der Waals surface area contributed by atoms with Crippen molar-refractivity contribution in [1.29, 1.82) is 0 Å². The summed E-state index contributed by atoms with van der Waals surface area (Å²) in [5.74, 6) is -0.466. The number of carbonyl (C=O) groups is 2. The van der Waals surface area contributed by atoms with E-state index in [2.05, 4.69) is 10.5 Å². The van der Waals surface area contributed by atoms with Crippen LogP contribution in [0.25, 0.3) is 0 Å². The van der Waals surface area contributed by atoms with Crippen molar-refractivity contribution in [2.45, 2.75) is 0 Å². The van der Waals surface area contributed by atoms with Crippen molar-refractivity contribution in [3.8, 4) is 5.75 Å². The van der Waals surface area contributed by atoms with Crippen LogP contribution in [0.3, 0.4) is 0 Å². The number of nitrogens with zero attached hydrogens (tertiary/aromatic N) is 1. The third-order valence-corrected chi connectivity index (χ3v) is 4.12. The number of benzene rings is 3. The van der Waals surface area contributed by atoms with E-state index in [4.69, 9.17) is 27.9 Å². The Bertz CT molecular complexity index is 1020. The topological polar surface area (TPSA) is 67.8 Å². The summed E-state index contributed by atoms with van der Waals surface area (Å²) in [5, 5.41) is 4.92. The second-order valence-electron chi connectivity index (χ2n) is 5.67. The Morgan fingerprint density at radius 2 is 1.57 bits per heavy atom. The highest BCUT2D eigenvalue weighted by Gasteiger charge is 2.09. The smallest absolute Gasteiger partial charge is 0.343 e. The van der Waals surface area contributed by atoms with Crippen LogP contribution in [0.2, 0.25) is 10.0 Å². The van der Waals surface area contributed by atoms with Crippen LogP contribution in [-0.4, -0.2) is 18.1 Å². The average Bonchev–Trinajstić information content (AvgIpc) is 2.69. The number of nitrogens with one attached hydrogen (secondary N) is 1. The summed E-state index contributed by atoms with van der Waals surface area (Å²) < 4.78 is 5.30. The summed E-state index contributed by atoms with van der Waals surface area (Å²) >= 11 is 11.7. The third kappa shape index (κ3) is 5.42. The highest BCUT2D eigenvalue weighted by atomic mass is 35.5. The number of esters is 1. The number of hydrazone groups is 1. The van der Waals surface area contributed by atoms with Gasteiger partial charge in [-0.25, -0.2) is 10.2 Å². The van der Waals surface area contributed by atoms with Gasteiger partial charge in [-0.2, -0.15) is 5.10 Å². The van der Waals surface area contributed by atoms with Gasteiger partial charge in [0.2, 0.25) is 0 Å². The summed E-state index contributed by atoms with van der Waals surface area (Å²) in [5.41, 5.74) is 3.96. The largest absolute Gasteiger partial charge is 0.423 e. The molecular weight excluding hydrogens is 399 g/mol. The van der Waals surface area contributed by atoms with Crippen LogP contribution in [0.15, 0.2) is 77.9 Å². The van der Waals surface area contributed by atoms with Crippen LogP contribution in [0.4, 0.5) is 0 Å². The minimum Gasteiger partial charge on any atom is -0.423 e. The number of ether oxygens (including phenoxy) is 1. The highest BCUT2D eigenvalue weighted by molar-refractivity contribution is 6.31. The fourth-order valence-corrected chi connectivity index (χ4v) is 2.55. The molecule has 0 saturated heterocycles. The molecule has 0 saturated carbocycles. The van der Waals surface area contributed by atoms with Gasteiger partial charge >= 0.3 is 5.97 Å². The van der Waals surface area contributed by atoms with E-state index in [1.807, 2.05) is 0 Å². The van der Waals surface area contributed by atoms with E-state index in [0.29, 0.717) is 26.9 Å². The maximum atomic E-state index is 12.1. The van der Waals surface area contributed by atoms with Gasteiger partial charge in [-0.05, 0) is 72.3 Å². The van der Waals surface area contributed by atoms with E-state index in [9.17, 15) is 9.59 Å². The van der Waals surface area contributed by atoms with Gasteiger partial charge in [-0.3, -0.25) is 4.79 Å². The number of hydrogen-bond acceptors (Lipinski definition) is 4. The van der Waals surface area contributed by atoms with E-state index in [-0.39, 0.29) is 5.91 Å². The molecule has 28 heavy (non-hydrogen) atoms. The third-order valence-electron chi connectivity index (χ3n) is 3.64. The zero-order valence-electron chi connectivity index (χ0n) is 14.4. The second kappa shape index (κ2) is 9.17. The molecule has 0 fully saturated rings. The summed E-state index contributed by atoms with van der Waals surface area (Å²) in [7, 11) is 0. The Hall–Kier alpha value is -3.15. The van der Waals surface area contributed by atoms with E-state index in [1.54, 1.807) is 66.7 Å². The van der Waals surface area contributed by atoms with E-state index < -0.39 is 5.97 Å². The number of rotatable bonds is 5. The SMILES string of the molecule is O=C(NN=Cc1ccc(OC(=O)c2cccc(Cl)c2)cc1)c1ccc(Cl)cc1. The predicted molar refractivity (Wildman–Crippen MR) is 109 cm³/mol. The molecule has 0 unspecified atom stereocenters. The van der Waals surface area contributed by atoms with Gasteiger partial charge in [0.15, 0.2) is 0 Å². The molecule has 3 rings (SSSR count). The maximum Gasteiger partial charge on any atom is 0.343 e. The van der Waals surface area contributed by atoms with Crippen LogP contribution in [0, 0.1) is 0 Å². The predicted octanol–water partition coefficient (Wildman–Crippen LogP) is 4.98. The van der Waals surface area contributed by atoms with Gasteiger partial charge < -0.3 is 4.74 Å². The molecule has 0 aliphatic rings. The lowest BCUT2D eigenvalue weighted by molar-refractivity contribution is 0.0734.